The van der Waals surface area contributed by atoms with Crippen molar-refractivity contribution in [2.75, 3.05) is 0 Å². The first-order valence-electron chi connectivity index (χ1n) is 4.88. The number of benzene rings is 1. The molecule has 0 saturated heterocycles. The molecule has 0 fully saturated rings. The number of nitrogens with one attached hydrogen (secondary N) is 2. The van der Waals surface area contributed by atoms with Crippen LogP contribution >= 0.6 is 31.9 Å². The van der Waals surface area contributed by atoms with Crippen LogP contribution in [0.4, 0.5) is 0 Å². The van der Waals surface area contributed by atoms with Crippen molar-refractivity contribution >= 4 is 31.9 Å². The Morgan fingerprint density at radius 2 is 2.00 bits per heavy atom. The predicted octanol–water partition coefficient (Wildman–Crippen LogP) is 3.22. The molecule has 0 aliphatic heterocycles. The Balaban J connectivity index is 1.87. The van der Waals surface area contributed by atoms with E-state index in [2.05, 4.69) is 59.5 Å². The number of hydrogen-bond acceptors (Lipinski definition) is 2. The lowest BCUT2D eigenvalue weighted by Gasteiger charge is -2.05. The molecule has 1 aromatic carbocycles. The second-order valence-corrected chi connectivity index (χ2v) is 5.14. The molecule has 0 aliphatic carbocycles. The van der Waals surface area contributed by atoms with Crippen molar-refractivity contribution in [1.29, 1.82) is 0 Å². The van der Waals surface area contributed by atoms with Gasteiger partial charge in [-0.1, -0.05) is 6.07 Å². The third-order valence-corrected chi connectivity index (χ3v) is 4.07. The van der Waals surface area contributed by atoms with Crippen molar-refractivity contribution in [3.63, 3.8) is 0 Å². The Kier molecular flexibility index (Phi) is 4.15. The van der Waals surface area contributed by atoms with Crippen molar-refractivity contribution in [1.82, 2.24) is 15.5 Å². The third kappa shape index (κ3) is 3.17. The highest BCUT2D eigenvalue weighted by Crippen LogP contribution is 2.23. The molecule has 5 heteroatoms. The summed E-state index contributed by atoms with van der Waals surface area (Å²) in [6.45, 7) is 1.64. The SMILES string of the molecule is Brc1ccc(CNCc2ccn[nH]2)cc1Br. The van der Waals surface area contributed by atoms with E-state index < -0.39 is 0 Å². The minimum Gasteiger partial charge on any atom is -0.307 e. The van der Waals surface area contributed by atoms with Gasteiger partial charge in [0.15, 0.2) is 0 Å². The van der Waals surface area contributed by atoms with E-state index in [9.17, 15) is 0 Å². The summed E-state index contributed by atoms with van der Waals surface area (Å²) in [5.41, 5.74) is 2.34. The van der Waals surface area contributed by atoms with Gasteiger partial charge in [0.2, 0.25) is 0 Å². The fourth-order valence-corrected chi connectivity index (χ4v) is 2.05. The Labute approximate surface area is 111 Å². The lowest BCUT2D eigenvalue weighted by molar-refractivity contribution is 0.677. The summed E-state index contributed by atoms with van der Waals surface area (Å²) in [7, 11) is 0. The molecular formula is C11H11Br2N3. The Hall–Kier alpha value is -0.650. The monoisotopic (exact) mass is 343 g/mol. The molecule has 0 unspecified atom stereocenters. The van der Waals surface area contributed by atoms with Gasteiger partial charge in [-0.05, 0) is 55.6 Å². The molecule has 0 spiro atoms. The molecule has 84 valence electrons. The number of aromatic amines is 1. The van der Waals surface area contributed by atoms with Crippen molar-refractivity contribution in [2.24, 2.45) is 0 Å². The first-order valence-corrected chi connectivity index (χ1v) is 6.47. The Bertz CT molecular complexity index is 454. The summed E-state index contributed by atoms with van der Waals surface area (Å²) in [5, 5.41) is 10.2. The van der Waals surface area contributed by atoms with Gasteiger partial charge in [0.05, 0.1) is 0 Å². The van der Waals surface area contributed by atoms with E-state index in [0.29, 0.717) is 0 Å². The summed E-state index contributed by atoms with van der Waals surface area (Å²) in [5.74, 6) is 0. The number of hydrogen-bond donors (Lipinski definition) is 2. The molecule has 0 bridgehead atoms. The highest BCUT2D eigenvalue weighted by molar-refractivity contribution is 9.13. The van der Waals surface area contributed by atoms with Gasteiger partial charge in [-0.3, -0.25) is 5.10 Å². The van der Waals surface area contributed by atoms with E-state index in [1.54, 1.807) is 6.20 Å². The van der Waals surface area contributed by atoms with Crippen LogP contribution in [0.2, 0.25) is 0 Å². The molecule has 1 aromatic heterocycles. The third-order valence-electron chi connectivity index (χ3n) is 2.19. The summed E-state index contributed by atoms with van der Waals surface area (Å²) >= 11 is 6.93. The molecule has 16 heavy (non-hydrogen) atoms. The molecule has 2 rings (SSSR count). The van der Waals surface area contributed by atoms with Gasteiger partial charge >= 0.3 is 0 Å². The lowest BCUT2D eigenvalue weighted by Crippen LogP contribution is -2.12. The zero-order chi connectivity index (χ0) is 11.4. The molecule has 1 heterocycles. The molecule has 0 saturated carbocycles. The van der Waals surface area contributed by atoms with Crippen LogP contribution in [0.15, 0.2) is 39.4 Å². The van der Waals surface area contributed by atoms with Crippen LogP contribution in [0.5, 0.6) is 0 Å². The van der Waals surface area contributed by atoms with Crippen molar-refractivity contribution < 1.29 is 0 Å². The van der Waals surface area contributed by atoms with Gasteiger partial charge in [-0.2, -0.15) is 5.10 Å². The molecular weight excluding hydrogens is 334 g/mol. The van der Waals surface area contributed by atoms with Gasteiger partial charge in [0.1, 0.15) is 0 Å². The van der Waals surface area contributed by atoms with Crippen LogP contribution in [0, 0.1) is 0 Å². The summed E-state index contributed by atoms with van der Waals surface area (Å²) in [4.78, 5) is 0. The summed E-state index contributed by atoms with van der Waals surface area (Å²) < 4.78 is 2.15. The van der Waals surface area contributed by atoms with Crippen LogP contribution in [0.1, 0.15) is 11.3 Å². The van der Waals surface area contributed by atoms with E-state index in [4.69, 9.17) is 0 Å². The zero-order valence-electron chi connectivity index (χ0n) is 8.50. The maximum atomic E-state index is 3.89. The zero-order valence-corrected chi connectivity index (χ0v) is 11.7. The minimum absolute atomic E-state index is 0.799. The highest BCUT2D eigenvalue weighted by atomic mass is 79.9. The molecule has 0 atom stereocenters. The highest BCUT2D eigenvalue weighted by Gasteiger charge is 1.99. The standard InChI is InChI=1S/C11H11Br2N3/c12-10-2-1-8(5-11(10)13)6-14-7-9-3-4-15-16-9/h1-5,14H,6-7H2,(H,15,16). The molecule has 0 aliphatic rings. The lowest BCUT2D eigenvalue weighted by atomic mass is 10.2. The van der Waals surface area contributed by atoms with E-state index >= 15 is 0 Å². The average Bonchev–Trinajstić information content (AvgIpc) is 2.76. The maximum Gasteiger partial charge on any atom is 0.0490 e. The molecule has 2 aromatic rings. The summed E-state index contributed by atoms with van der Waals surface area (Å²) in [6, 6.07) is 8.20. The van der Waals surface area contributed by atoms with Crippen LogP contribution in [0.25, 0.3) is 0 Å². The maximum absolute atomic E-state index is 3.89. The van der Waals surface area contributed by atoms with Gasteiger partial charge in [-0.15, -0.1) is 0 Å². The number of nitrogens with zero attached hydrogens (tertiary/aromatic N) is 1. The Morgan fingerprint density at radius 1 is 1.12 bits per heavy atom. The van der Waals surface area contributed by atoms with Crippen LogP contribution < -0.4 is 5.32 Å². The fraction of sp³-hybridized carbons (Fsp3) is 0.182. The van der Waals surface area contributed by atoms with E-state index in [1.165, 1.54) is 5.56 Å². The quantitative estimate of drug-likeness (QED) is 0.894. The first-order chi connectivity index (χ1) is 7.75. The molecule has 2 N–H and O–H groups in total. The number of rotatable bonds is 4. The van der Waals surface area contributed by atoms with Gasteiger partial charge in [0.25, 0.3) is 0 Å². The van der Waals surface area contributed by atoms with Gasteiger partial charge in [-0.25, -0.2) is 0 Å². The number of halogens is 2. The first kappa shape index (κ1) is 11.8. The largest absolute Gasteiger partial charge is 0.307 e. The Morgan fingerprint density at radius 3 is 2.69 bits per heavy atom. The summed E-state index contributed by atoms with van der Waals surface area (Å²) in [6.07, 6.45) is 1.76. The topological polar surface area (TPSA) is 40.7 Å². The van der Waals surface area contributed by atoms with Gasteiger partial charge in [0, 0.05) is 33.9 Å². The molecule has 3 nitrogen and oxygen atoms in total. The van der Waals surface area contributed by atoms with Crippen LogP contribution in [-0.2, 0) is 13.1 Å². The minimum atomic E-state index is 0.799. The molecule has 0 radical (unpaired) electrons. The van der Waals surface area contributed by atoms with Crippen LogP contribution in [-0.4, -0.2) is 10.2 Å². The average molecular weight is 345 g/mol. The van der Waals surface area contributed by atoms with E-state index in [1.807, 2.05) is 12.1 Å². The van der Waals surface area contributed by atoms with Crippen molar-refractivity contribution in [3.05, 3.63) is 50.7 Å². The van der Waals surface area contributed by atoms with Gasteiger partial charge < -0.3 is 5.32 Å². The van der Waals surface area contributed by atoms with Crippen molar-refractivity contribution in [3.8, 4) is 0 Å². The number of H-pyrrole nitrogens is 1. The fourth-order valence-electron chi connectivity index (χ4n) is 1.37. The predicted molar refractivity (Wildman–Crippen MR) is 71.0 cm³/mol. The second kappa shape index (κ2) is 5.61. The number of aromatic nitrogens is 2. The smallest absolute Gasteiger partial charge is 0.0490 e. The normalized spacial score (nSPS) is 10.6. The van der Waals surface area contributed by atoms with E-state index in [0.717, 1.165) is 27.7 Å². The van der Waals surface area contributed by atoms with Crippen LogP contribution in [0.3, 0.4) is 0 Å². The second-order valence-electron chi connectivity index (χ2n) is 3.43. The van der Waals surface area contributed by atoms with Crippen molar-refractivity contribution in [2.45, 2.75) is 13.1 Å². The molecule has 0 amide bonds. The van der Waals surface area contributed by atoms with E-state index in [-0.39, 0.29) is 0 Å².